The zero-order valence-electron chi connectivity index (χ0n) is 17.1. The fraction of sp³-hybridized carbons (Fsp3) is 0.455. The van der Waals surface area contributed by atoms with Crippen LogP contribution in [0.15, 0.2) is 30.5 Å². The molecule has 2 aromatic heterocycles. The molecule has 0 unspecified atom stereocenters. The Labute approximate surface area is 174 Å². The van der Waals surface area contributed by atoms with E-state index in [0.29, 0.717) is 17.4 Å². The molecule has 0 radical (unpaired) electrons. The zero-order valence-corrected chi connectivity index (χ0v) is 17.1. The predicted molar refractivity (Wildman–Crippen MR) is 114 cm³/mol. The summed E-state index contributed by atoms with van der Waals surface area (Å²) in [5.74, 6) is -0.363. The lowest BCUT2D eigenvalue weighted by molar-refractivity contribution is 0.0981. The normalized spacial score (nSPS) is 19.6. The molecular weight excluding hydrogens is 386 g/mol. The maximum Gasteiger partial charge on any atom is 0.159 e. The molecule has 1 aromatic carbocycles. The number of piperazine rings is 1. The molecule has 0 atom stereocenters. The number of nitrogens with zero attached hydrogens (tertiary/aromatic N) is 5. The van der Waals surface area contributed by atoms with Gasteiger partial charge in [0.1, 0.15) is 11.3 Å². The third-order valence-electron chi connectivity index (χ3n) is 6.39. The number of anilines is 1. The number of likely N-dealkylation sites (N-methyl/N-ethyl adjacent to an activating group) is 1. The number of hydrogen-bond donors (Lipinski definition) is 1. The molecule has 0 saturated carbocycles. The second-order valence-corrected chi connectivity index (χ2v) is 8.30. The summed E-state index contributed by atoms with van der Waals surface area (Å²) in [6.45, 7) is 6.45. The summed E-state index contributed by atoms with van der Waals surface area (Å²) in [7, 11) is 2.19. The Kier molecular flexibility index (Phi) is 5.12. The van der Waals surface area contributed by atoms with Crippen molar-refractivity contribution in [3.8, 4) is 11.4 Å². The van der Waals surface area contributed by atoms with Gasteiger partial charge in [-0.3, -0.25) is 4.90 Å². The van der Waals surface area contributed by atoms with Crippen LogP contribution < -0.4 is 4.90 Å². The van der Waals surface area contributed by atoms with E-state index >= 15 is 0 Å². The molecule has 0 aliphatic carbocycles. The minimum atomic E-state index is -0.878. The van der Waals surface area contributed by atoms with Crippen LogP contribution in [-0.2, 0) is 0 Å². The van der Waals surface area contributed by atoms with Crippen molar-refractivity contribution in [2.24, 2.45) is 0 Å². The topological polar surface area (TPSA) is 51.3 Å². The van der Waals surface area contributed by atoms with E-state index in [2.05, 4.69) is 36.7 Å². The number of H-pyrrole nitrogens is 1. The first-order chi connectivity index (χ1) is 14.6. The number of halogens is 2. The molecule has 0 spiro atoms. The van der Waals surface area contributed by atoms with E-state index < -0.39 is 11.6 Å². The number of hydrogen-bond acceptors (Lipinski definition) is 5. The van der Waals surface area contributed by atoms with Gasteiger partial charge in [-0.25, -0.2) is 18.7 Å². The van der Waals surface area contributed by atoms with Crippen molar-refractivity contribution in [2.75, 3.05) is 51.2 Å². The van der Waals surface area contributed by atoms with Gasteiger partial charge in [0, 0.05) is 57.1 Å². The molecule has 158 valence electrons. The fourth-order valence-corrected chi connectivity index (χ4v) is 4.56. The summed E-state index contributed by atoms with van der Waals surface area (Å²) >= 11 is 0. The predicted octanol–water partition coefficient (Wildman–Crippen LogP) is 3.12. The Morgan fingerprint density at radius 2 is 1.73 bits per heavy atom. The van der Waals surface area contributed by atoms with Gasteiger partial charge in [0.25, 0.3) is 0 Å². The third kappa shape index (κ3) is 3.65. The maximum absolute atomic E-state index is 13.7. The van der Waals surface area contributed by atoms with Crippen molar-refractivity contribution >= 4 is 16.9 Å². The number of imidazole rings is 1. The van der Waals surface area contributed by atoms with Crippen molar-refractivity contribution in [3.63, 3.8) is 0 Å². The zero-order chi connectivity index (χ0) is 20.7. The number of piperidine rings is 1. The third-order valence-corrected chi connectivity index (χ3v) is 6.39. The highest BCUT2D eigenvalue weighted by Gasteiger charge is 2.28. The molecule has 2 aliphatic rings. The first kappa shape index (κ1) is 19.4. The van der Waals surface area contributed by atoms with Crippen LogP contribution in [0.5, 0.6) is 0 Å². The summed E-state index contributed by atoms with van der Waals surface area (Å²) in [6.07, 6.45) is 4.00. The summed E-state index contributed by atoms with van der Waals surface area (Å²) in [6, 6.07) is 6.32. The SMILES string of the molecule is CN1CCN(C2CCN(c3nccc4[nH]c(-c5ccc(F)c(F)c5)nc34)CC2)CC1. The molecule has 4 heterocycles. The Balaban J connectivity index is 1.35. The van der Waals surface area contributed by atoms with Crippen LogP contribution in [0, 0.1) is 11.6 Å². The second-order valence-electron chi connectivity index (χ2n) is 8.30. The monoisotopic (exact) mass is 412 g/mol. The minimum Gasteiger partial charge on any atom is -0.355 e. The molecule has 5 rings (SSSR count). The number of aromatic nitrogens is 3. The van der Waals surface area contributed by atoms with Crippen LogP contribution in [0.1, 0.15) is 12.8 Å². The molecule has 6 nitrogen and oxygen atoms in total. The van der Waals surface area contributed by atoms with E-state index in [0.717, 1.165) is 75.0 Å². The van der Waals surface area contributed by atoms with Gasteiger partial charge in [-0.05, 0) is 44.2 Å². The molecule has 0 bridgehead atoms. The van der Waals surface area contributed by atoms with Crippen LogP contribution in [-0.4, -0.2) is 77.1 Å². The number of fused-ring (bicyclic) bond motifs is 1. The lowest BCUT2D eigenvalue weighted by Crippen LogP contribution is -2.52. The average molecular weight is 412 g/mol. The number of aromatic amines is 1. The number of pyridine rings is 1. The molecule has 2 fully saturated rings. The molecule has 8 heteroatoms. The lowest BCUT2D eigenvalue weighted by atomic mass is 10.0. The Bertz CT molecular complexity index is 1040. The van der Waals surface area contributed by atoms with Gasteiger partial charge in [-0.15, -0.1) is 0 Å². The second kappa shape index (κ2) is 7.92. The minimum absolute atomic E-state index is 0.518. The van der Waals surface area contributed by atoms with E-state index in [1.54, 1.807) is 6.20 Å². The fourth-order valence-electron chi connectivity index (χ4n) is 4.56. The van der Waals surface area contributed by atoms with E-state index in [-0.39, 0.29) is 0 Å². The lowest BCUT2D eigenvalue weighted by Gasteiger charge is -2.42. The maximum atomic E-state index is 13.7. The van der Waals surface area contributed by atoms with Gasteiger partial charge in [0.2, 0.25) is 0 Å². The van der Waals surface area contributed by atoms with Gasteiger partial charge in [0.05, 0.1) is 5.52 Å². The number of benzene rings is 1. The van der Waals surface area contributed by atoms with Crippen molar-refractivity contribution in [1.29, 1.82) is 0 Å². The van der Waals surface area contributed by atoms with Gasteiger partial charge < -0.3 is 14.8 Å². The first-order valence-corrected chi connectivity index (χ1v) is 10.6. The van der Waals surface area contributed by atoms with Crippen molar-refractivity contribution in [3.05, 3.63) is 42.1 Å². The number of rotatable bonds is 3. The molecule has 1 N–H and O–H groups in total. The molecule has 2 saturated heterocycles. The molecule has 2 aliphatic heterocycles. The van der Waals surface area contributed by atoms with E-state index in [1.165, 1.54) is 12.1 Å². The molecule has 3 aromatic rings. The van der Waals surface area contributed by atoms with Crippen LogP contribution >= 0.6 is 0 Å². The molecular formula is C22H26F2N6. The summed E-state index contributed by atoms with van der Waals surface area (Å²) in [4.78, 5) is 19.8. The van der Waals surface area contributed by atoms with E-state index in [9.17, 15) is 8.78 Å². The summed E-state index contributed by atoms with van der Waals surface area (Å²) in [5, 5.41) is 0. The Morgan fingerprint density at radius 3 is 2.47 bits per heavy atom. The van der Waals surface area contributed by atoms with Crippen molar-refractivity contribution in [1.82, 2.24) is 24.8 Å². The van der Waals surface area contributed by atoms with Crippen LogP contribution in [0.3, 0.4) is 0 Å². The van der Waals surface area contributed by atoms with Crippen molar-refractivity contribution in [2.45, 2.75) is 18.9 Å². The van der Waals surface area contributed by atoms with Gasteiger partial charge in [-0.2, -0.15) is 0 Å². The van der Waals surface area contributed by atoms with E-state index in [1.807, 2.05) is 6.07 Å². The summed E-state index contributed by atoms with van der Waals surface area (Å²) in [5.41, 5.74) is 2.14. The van der Waals surface area contributed by atoms with E-state index in [4.69, 9.17) is 0 Å². The molecule has 30 heavy (non-hydrogen) atoms. The Hall–Kier alpha value is -2.58. The highest BCUT2D eigenvalue weighted by Crippen LogP contribution is 2.29. The van der Waals surface area contributed by atoms with Gasteiger partial charge in [-0.1, -0.05) is 0 Å². The van der Waals surface area contributed by atoms with Crippen LogP contribution in [0.2, 0.25) is 0 Å². The Morgan fingerprint density at radius 1 is 0.967 bits per heavy atom. The summed E-state index contributed by atoms with van der Waals surface area (Å²) < 4.78 is 26.9. The quantitative estimate of drug-likeness (QED) is 0.716. The first-order valence-electron chi connectivity index (χ1n) is 10.6. The largest absolute Gasteiger partial charge is 0.355 e. The average Bonchev–Trinajstić information content (AvgIpc) is 3.21. The smallest absolute Gasteiger partial charge is 0.159 e. The molecule has 0 amide bonds. The van der Waals surface area contributed by atoms with Gasteiger partial charge >= 0.3 is 0 Å². The van der Waals surface area contributed by atoms with Gasteiger partial charge in [0.15, 0.2) is 17.5 Å². The standard InChI is InChI=1S/C22H26F2N6/c1-28-10-12-29(13-11-28)16-5-8-30(9-6-16)22-20-19(4-7-25-22)26-21(27-20)15-2-3-17(23)18(24)14-15/h2-4,7,14,16H,5-6,8-13H2,1H3,(H,26,27). The highest BCUT2D eigenvalue weighted by atomic mass is 19.2. The van der Waals surface area contributed by atoms with Crippen LogP contribution in [0.25, 0.3) is 22.4 Å². The number of nitrogens with one attached hydrogen (secondary N) is 1. The van der Waals surface area contributed by atoms with Crippen LogP contribution in [0.4, 0.5) is 14.6 Å². The van der Waals surface area contributed by atoms with Crippen molar-refractivity contribution < 1.29 is 8.78 Å². The highest BCUT2D eigenvalue weighted by molar-refractivity contribution is 5.88.